The van der Waals surface area contributed by atoms with Gasteiger partial charge in [-0.25, -0.2) is 9.59 Å². The Hall–Kier alpha value is -4.87. The maximum absolute atomic E-state index is 11.8. The fourth-order valence-electron chi connectivity index (χ4n) is 4.12. The largest absolute Gasteiger partial charge is 0.497 e. The Bertz CT molecular complexity index is 1330. The summed E-state index contributed by atoms with van der Waals surface area (Å²) in [6.45, 7) is 13.3. The van der Waals surface area contributed by atoms with Gasteiger partial charge in [0.25, 0.3) is 11.8 Å². The van der Waals surface area contributed by atoms with Gasteiger partial charge in [0.1, 0.15) is 24.4 Å². The van der Waals surface area contributed by atoms with Crippen molar-refractivity contribution >= 4 is 30.2 Å². The second-order valence-corrected chi connectivity index (χ2v) is 9.73. The van der Waals surface area contributed by atoms with E-state index < -0.39 is 18.1 Å². The summed E-state index contributed by atoms with van der Waals surface area (Å²) in [5.74, 6) is 0.940. The van der Waals surface area contributed by atoms with Gasteiger partial charge in [-0.1, -0.05) is 37.3 Å². The number of hydrogen-bond acceptors (Lipinski definition) is 7. The summed E-state index contributed by atoms with van der Waals surface area (Å²) >= 11 is 0. The predicted octanol–water partition coefficient (Wildman–Crippen LogP) is 3.12. The fraction of sp³-hybridized carbons (Fsp3) is 0.387. The Morgan fingerprint density at radius 2 is 2.00 bits per heavy atom. The minimum atomic E-state index is -0.742. The first-order chi connectivity index (χ1) is 20.5. The number of amides is 6. The van der Waals surface area contributed by atoms with Crippen molar-refractivity contribution in [1.29, 1.82) is 0 Å². The normalized spacial score (nSPS) is 17.9. The molecule has 0 aromatic heterocycles. The average Bonchev–Trinajstić information content (AvgIpc) is 3.53. The van der Waals surface area contributed by atoms with Crippen LogP contribution in [-0.4, -0.2) is 74.5 Å². The molecule has 1 fully saturated rings. The number of allylic oxidation sites excluding steroid dienone is 5. The average molecular weight is 596 g/mol. The molecular formula is C31H41N5O7. The topological polar surface area (TPSA) is 155 Å². The maximum Gasteiger partial charge on any atom is 0.322 e. The van der Waals surface area contributed by atoms with E-state index in [4.69, 9.17) is 9.47 Å². The highest BCUT2D eigenvalue weighted by atomic mass is 16.5. The van der Waals surface area contributed by atoms with Crippen LogP contribution in [0.4, 0.5) is 9.59 Å². The quantitative estimate of drug-likeness (QED) is 0.204. The zero-order chi connectivity index (χ0) is 32.1. The summed E-state index contributed by atoms with van der Waals surface area (Å²) in [6, 6.07) is 3.68. The van der Waals surface area contributed by atoms with Gasteiger partial charge in [-0.2, -0.15) is 0 Å². The van der Waals surface area contributed by atoms with E-state index in [1.165, 1.54) is 7.05 Å². The molecule has 2 atom stereocenters. The van der Waals surface area contributed by atoms with Crippen LogP contribution in [0.5, 0.6) is 5.75 Å². The lowest BCUT2D eigenvalue weighted by atomic mass is 9.99. The predicted molar refractivity (Wildman–Crippen MR) is 162 cm³/mol. The van der Waals surface area contributed by atoms with Gasteiger partial charge in [0.05, 0.1) is 13.2 Å². The van der Waals surface area contributed by atoms with Gasteiger partial charge >= 0.3 is 12.1 Å². The zero-order valence-electron chi connectivity index (χ0n) is 25.5. The molecule has 12 nitrogen and oxygen atoms in total. The first-order valence-electron chi connectivity index (χ1n) is 13.9. The van der Waals surface area contributed by atoms with E-state index in [1.54, 1.807) is 20.1 Å². The number of imide groups is 1. The van der Waals surface area contributed by atoms with Crippen LogP contribution < -0.4 is 26.0 Å². The number of carbonyl (C=O) groups excluding carboxylic acids is 5. The van der Waals surface area contributed by atoms with Crippen molar-refractivity contribution < 1.29 is 33.4 Å². The van der Waals surface area contributed by atoms with Crippen LogP contribution in [0.1, 0.15) is 50.0 Å². The molecule has 3 aliphatic rings. The molecule has 1 aromatic rings. The van der Waals surface area contributed by atoms with E-state index in [0.717, 1.165) is 53.1 Å². The van der Waals surface area contributed by atoms with Crippen LogP contribution >= 0.6 is 0 Å². The van der Waals surface area contributed by atoms with Gasteiger partial charge in [-0.3, -0.25) is 14.9 Å². The lowest BCUT2D eigenvalue weighted by molar-refractivity contribution is -0.120. The number of benzene rings is 1. The monoisotopic (exact) mass is 595 g/mol. The molecule has 6 amide bonds. The molecule has 12 heteroatoms. The third-order valence-corrected chi connectivity index (χ3v) is 6.68. The standard InChI is InChI=1S/C15H18N2O3.C11H13NO2.C5H10N2O2/c1-4-9(3)6-11-7-12(20-8-10(11)5-2)13-14(18)17-15(19)16-13;1-3-12-7-8-4-5-9(14-2)6-10(8)11(12)13;1-4(3-8)7-5(9)6-2/h4,6-7,13H,1,5,8H2,2-3H3,(H2,16,17,18,19);4-6H,3,7H2,1-2H3;3-4H,1-2H3,(H2,6,7,9)/b9-6-;;. The molecule has 1 aromatic carbocycles. The fourth-order valence-corrected chi connectivity index (χ4v) is 4.12. The number of hydrogen-bond donors (Lipinski definition) is 4. The zero-order valence-corrected chi connectivity index (χ0v) is 25.5. The van der Waals surface area contributed by atoms with Crippen molar-refractivity contribution in [3.63, 3.8) is 0 Å². The summed E-state index contributed by atoms with van der Waals surface area (Å²) in [5.41, 5.74) is 5.08. The summed E-state index contributed by atoms with van der Waals surface area (Å²) in [4.78, 5) is 56.7. The first-order valence-corrected chi connectivity index (χ1v) is 13.9. The highest BCUT2D eigenvalue weighted by Crippen LogP contribution is 2.26. The minimum absolute atomic E-state index is 0.112. The van der Waals surface area contributed by atoms with Crippen LogP contribution in [0, 0.1) is 0 Å². The van der Waals surface area contributed by atoms with Gasteiger partial charge < -0.3 is 35.1 Å². The Morgan fingerprint density at radius 3 is 2.53 bits per heavy atom. The van der Waals surface area contributed by atoms with E-state index in [2.05, 4.69) is 34.8 Å². The molecule has 0 spiro atoms. The van der Waals surface area contributed by atoms with Crippen LogP contribution in [0.2, 0.25) is 0 Å². The van der Waals surface area contributed by atoms with Gasteiger partial charge in [0, 0.05) is 25.7 Å². The lowest BCUT2D eigenvalue weighted by Gasteiger charge is -2.22. The Balaban J connectivity index is 0.000000244. The molecule has 3 heterocycles. The smallest absolute Gasteiger partial charge is 0.322 e. The number of carbonyl (C=O) groups is 5. The summed E-state index contributed by atoms with van der Waals surface area (Å²) in [5, 5.41) is 9.42. The van der Waals surface area contributed by atoms with Crippen molar-refractivity contribution in [3.05, 3.63) is 76.6 Å². The van der Waals surface area contributed by atoms with Crippen molar-refractivity contribution in [2.45, 2.75) is 52.7 Å². The number of urea groups is 2. The second-order valence-electron chi connectivity index (χ2n) is 9.73. The van der Waals surface area contributed by atoms with E-state index in [-0.39, 0.29) is 17.8 Å². The molecule has 2 unspecified atom stereocenters. The van der Waals surface area contributed by atoms with Gasteiger partial charge in [-0.15, -0.1) is 0 Å². The highest BCUT2D eigenvalue weighted by Gasteiger charge is 2.35. The van der Waals surface area contributed by atoms with Crippen molar-refractivity contribution in [2.24, 2.45) is 0 Å². The number of nitrogens with one attached hydrogen (secondary N) is 4. The van der Waals surface area contributed by atoms with Gasteiger partial charge in [-0.05, 0) is 62.1 Å². The van der Waals surface area contributed by atoms with E-state index in [0.29, 0.717) is 18.7 Å². The first kappa shape index (κ1) is 34.3. The molecule has 3 aliphatic heterocycles. The van der Waals surface area contributed by atoms with Crippen LogP contribution in [0.25, 0.3) is 0 Å². The van der Waals surface area contributed by atoms with E-state index in [1.807, 2.05) is 49.1 Å². The summed E-state index contributed by atoms with van der Waals surface area (Å²) in [6.07, 6.45) is 7.11. The molecule has 0 saturated carbocycles. The number of methoxy groups -OCH3 is 1. The molecule has 1 saturated heterocycles. The maximum atomic E-state index is 11.8. The van der Waals surface area contributed by atoms with Crippen molar-refractivity contribution in [3.8, 4) is 5.75 Å². The minimum Gasteiger partial charge on any atom is -0.497 e. The van der Waals surface area contributed by atoms with Crippen LogP contribution in [0.15, 0.2) is 65.5 Å². The highest BCUT2D eigenvalue weighted by molar-refractivity contribution is 6.05. The second kappa shape index (κ2) is 16.5. The van der Waals surface area contributed by atoms with Crippen molar-refractivity contribution in [2.75, 3.05) is 27.3 Å². The Labute approximate surface area is 252 Å². The summed E-state index contributed by atoms with van der Waals surface area (Å²) < 4.78 is 10.7. The van der Waals surface area contributed by atoms with Crippen LogP contribution in [-0.2, 0) is 20.9 Å². The number of fused-ring (bicyclic) bond motifs is 1. The van der Waals surface area contributed by atoms with Gasteiger partial charge in [0.2, 0.25) is 0 Å². The third-order valence-electron chi connectivity index (χ3n) is 6.68. The molecule has 0 aliphatic carbocycles. The SMILES string of the molecule is C=C/C(C)=C\C1=C(CC)COC(C2NC(=O)NC2=O)=C1.CCN1Cc2ccc(OC)cc2C1=O.CNC(=O)NC(C)C=O. The molecule has 232 valence electrons. The van der Waals surface area contributed by atoms with Gasteiger partial charge in [0.15, 0.2) is 6.04 Å². The number of aldehydes is 1. The summed E-state index contributed by atoms with van der Waals surface area (Å²) in [7, 11) is 3.10. The number of nitrogens with zero attached hydrogens (tertiary/aromatic N) is 1. The molecule has 4 rings (SSSR count). The molecule has 43 heavy (non-hydrogen) atoms. The molecule has 0 bridgehead atoms. The van der Waals surface area contributed by atoms with Crippen molar-refractivity contribution in [1.82, 2.24) is 26.2 Å². The van der Waals surface area contributed by atoms with E-state index in [9.17, 15) is 24.0 Å². The Morgan fingerprint density at radius 1 is 1.28 bits per heavy atom. The lowest BCUT2D eigenvalue weighted by Crippen LogP contribution is -2.39. The van der Waals surface area contributed by atoms with Crippen LogP contribution in [0.3, 0.4) is 0 Å². The Kier molecular flexibility index (Phi) is 13.2. The number of rotatable bonds is 8. The molecular weight excluding hydrogens is 554 g/mol. The molecule has 0 radical (unpaired) electrons. The van der Waals surface area contributed by atoms with E-state index >= 15 is 0 Å². The third kappa shape index (κ3) is 9.59. The number of ether oxygens (including phenoxy) is 2. The molecule has 4 N–H and O–H groups in total.